The average Bonchev–Trinajstić information content (AvgIpc) is 3.13. The van der Waals surface area contributed by atoms with Crippen molar-refractivity contribution in [3.8, 4) is 0 Å². The minimum atomic E-state index is -0.993. The van der Waals surface area contributed by atoms with Crippen LogP contribution in [0.3, 0.4) is 0 Å². The number of guanidine groups is 1. The number of nitrogens with one attached hydrogen (secondary N) is 3. The molecule has 11 heteroatoms. The number of carbonyl (C=O) groups is 3. The highest BCUT2D eigenvalue weighted by Gasteiger charge is 2.50. The molecule has 4 saturated carbocycles. The Morgan fingerprint density at radius 3 is 2.30 bits per heavy atom. The Balaban J connectivity index is 1.13. The molecule has 2 aliphatic heterocycles. The van der Waals surface area contributed by atoms with Gasteiger partial charge in [-0.25, -0.2) is 9.80 Å². The summed E-state index contributed by atoms with van der Waals surface area (Å²) in [6.07, 6.45) is 12.3. The summed E-state index contributed by atoms with van der Waals surface area (Å²) in [6.45, 7) is 1.68. The first-order valence-electron chi connectivity index (χ1n) is 16.6. The molecule has 2 heterocycles. The molecular formula is C33H48N6O5. The van der Waals surface area contributed by atoms with Gasteiger partial charge in [-0.05, 0) is 124 Å². The number of aliphatic carboxylic acids is 1. The van der Waals surface area contributed by atoms with Crippen molar-refractivity contribution in [2.24, 2.45) is 28.9 Å². The first-order valence-corrected chi connectivity index (χ1v) is 16.6. The normalized spacial score (nSPS) is 32.0. The molecule has 3 atom stereocenters. The van der Waals surface area contributed by atoms with Gasteiger partial charge in [0.2, 0.25) is 0 Å². The number of esters is 1. The minimum Gasteiger partial charge on any atom is -0.480 e. The molecule has 4 aliphatic carbocycles. The zero-order valence-corrected chi connectivity index (χ0v) is 25.6. The monoisotopic (exact) mass is 608 g/mol. The number of hydrazine groups is 1. The first-order chi connectivity index (χ1) is 21.2. The number of amides is 1. The quantitative estimate of drug-likeness (QED) is 0.144. The van der Waals surface area contributed by atoms with Crippen LogP contribution in [0.4, 0.5) is 5.69 Å². The van der Waals surface area contributed by atoms with Crippen LogP contribution in [-0.4, -0.2) is 76.8 Å². The Bertz CT molecular complexity index is 1200. The first kappa shape index (κ1) is 30.8. The SMILES string of the molecule is N=C(N)Nc1ccc(CC[C@H](N[C@H]2CCCN3CCC[C@@H](C(=O)O)N3C2=O)C(=O)OCCC23CC4CC(CC(C4)C2)C3)cc1. The lowest BCUT2D eigenvalue weighted by molar-refractivity contribution is -0.174. The number of benzene rings is 1. The summed E-state index contributed by atoms with van der Waals surface area (Å²) in [6, 6.07) is 5.30. The predicted molar refractivity (Wildman–Crippen MR) is 166 cm³/mol. The summed E-state index contributed by atoms with van der Waals surface area (Å²) < 4.78 is 5.99. The lowest BCUT2D eigenvalue weighted by Gasteiger charge is -2.57. The van der Waals surface area contributed by atoms with E-state index in [4.69, 9.17) is 15.9 Å². The number of aryl methyl sites for hydroxylation is 1. The molecular weight excluding hydrogens is 560 g/mol. The van der Waals surface area contributed by atoms with Crippen molar-refractivity contribution < 1.29 is 24.2 Å². The number of hydrogen-bond donors (Lipinski definition) is 5. The van der Waals surface area contributed by atoms with Gasteiger partial charge < -0.3 is 20.9 Å². The third-order valence-electron chi connectivity index (χ3n) is 10.9. The van der Waals surface area contributed by atoms with E-state index in [9.17, 15) is 19.5 Å². The summed E-state index contributed by atoms with van der Waals surface area (Å²) in [4.78, 5) is 39.5. The van der Waals surface area contributed by atoms with E-state index < -0.39 is 24.1 Å². The fourth-order valence-electron chi connectivity index (χ4n) is 9.35. The maximum Gasteiger partial charge on any atom is 0.328 e. The third-order valence-corrected chi connectivity index (χ3v) is 10.9. The number of rotatable bonds is 11. The van der Waals surface area contributed by atoms with E-state index >= 15 is 0 Å². The zero-order valence-electron chi connectivity index (χ0n) is 25.6. The molecule has 1 aromatic carbocycles. The van der Waals surface area contributed by atoms with Gasteiger partial charge in [-0.3, -0.25) is 25.3 Å². The van der Waals surface area contributed by atoms with Gasteiger partial charge in [0.25, 0.3) is 5.91 Å². The van der Waals surface area contributed by atoms with Crippen LogP contribution in [0.2, 0.25) is 0 Å². The molecule has 1 amide bonds. The van der Waals surface area contributed by atoms with Gasteiger partial charge in [0.15, 0.2) is 5.96 Å². The Morgan fingerprint density at radius 2 is 1.68 bits per heavy atom. The lowest BCUT2D eigenvalue weighted by atomic mass is 9.49. The summed E-state index contributed by atoms with van der Waals surface area (Å²) in [5.74, 6) is 0.777. The molecule has 6 aliphatic rings. The number of anilines is 1. The Kier molecular flexibility index (Phi) is 9.14. The molecule has 240 valence electrons. The Morgan fingerprint density at radius 1 is 1.05 bits per heavy atom. The van der Waals surface area contributed by atoms with Gasteiger partial charge >= 0.3 is 11.9 Å². The number of nitrogens with two attached hydrogens (primary N) is 1. The number of carboxylic acid groups (broad SMARTS) is 1. The average molecular weight is 609 g/mol. The van der Waals surface area contributed by atoms with E-state index in [2.05, 4.69) is 10.6 Å². The van der Waals surface area contributed by atoms with E-state index in [1.807, 2.05) is 29.3 Å². The molecule has 4 bridgehead atoms. The van der Waals surface area contributed by atoms with E-state index in [0.29, 0.717) is 56.5 Å². The summed E-state index contributed by atoms with van der Waals surface area (Å²) in [5, 5.41) is 26.7. The molecule has 0 aromatic heterocycles. The highest BCUT2D eigenvalue weighted by Crippen LogP contribution is 2.61. The van der Waals surface area contributed by atoms with Gasteiger partial charge in [-0.2, -0.15) is 0 Å². The summed E-state index contributed by atoms with van der Waals surface area (Å²) in [7, 11) is 0. The number of carboxylic acids is 1. The van der Waals surface area contributed by atoms with Crippen molar-refractivity contribution in [3.63, 3.8) is 0 Å². The predicted octanol–water partition coefficient (Wildman–Crippen LogP) is 3.49. The Hall–Kier alpha value is -3.18. The van der Waals surface area contributed by atoms with Gasteiger partial charge in [-0.1, -0.05) is 12.1 Å². The molecule has 0 radical (unpaired) electrons. The van der Waals surface area contributed by atoms with Crippen LogP contribution in [-0.2, 0) is 25.5 Å². The van der Waals surface area contributed by atoms with Crippen molar-refractivity contribution >= 4 is 29.5 Å². The fraction of sp³-hybridized carbons (Fsp3) is 0.697. The topological polar surface area (TPSA) is 161 Å². The van der Waals surface area contributed by atoms with Crippen molar-refractivity contribution in [1.29, 1.82) is 5.41 Å². The summed E-state index contributed by atoms with van der Waals surface area (Å²) >= 11 is 0. The molecule has 7 rings (SSSR count). The van der Waals surface area contributed by atoms with E-state index in [0.717, 1.165) is 42.6 Å². The van der Waals surface area contributed by atoms with Crippen LogP contribution in [0.25, 0.3) is 0 Å². The molecule has 2 saturated heterocycles. The van der Waals surface area contributed by atoms with Gasteiger partial charge in [0, 0.05) is 18.8 Å². The van der Waals surface area contributed by atoms with E-state index in [1.54, 1.807) is 0 Å². The second-order valence-electron chi connectivity index (χ2n) is 14.2. The van der Waals surface area contributed by atoms with Crippen molar-refractivity contribution in [1.82, 2.24) is 15.3 Å². The van der Waals surface area contributed by atoms with Gasteiger partial charge in [0.05, 0.1) is 12.6 Å². The highest BCUT2D eigenvalue weighted by atomic mass is 16.5. The van der Waals surface area contributed by atoms with Crippen molar-refractivity contribution in [2.45, 2.75) is 102 Å². The maximum absolute atomic E-state index is 13.8. The van der Waals surface area contributed by atoms with Crippen LogP contribution >= 0.6 is 0 Å². The van der Waals surface area contributed by atoms with Crippen LogP contribution in [0.15, 0.2) is 24.3 Å². The largest absolute Gasteiger partial charge is 0.480 e. The molecule has 1 aromatic rings. The zero-order chi connectivity index (χ0) is 30.8. The number of ether oxygens (including phenoxy) is 1. The molecule has 6 fully saturated rings. The van der Waals surface area contributed by atoms with Crippen LogP contribution in [0, 0.1) is 28.6 Å². The van der Waals surface area contributed by atoms with Gasteiger partial charge in [0.1, 0.15) is 12.1 Å². The van der Waals surface area contributed by atoms with Crippen molar-refractivity contribution in [2.75, 3.05) is 25.0 Å². The van der Waals surface area contributed by atoms with E-state index in [-0.39, 0.29) is 17.8 Å². The maximum atomic E-state index is 13.8. The molecule has 6 N–H and O–H groups in total. The van der Waals surface area contributed by atoms with Crippen molar-refractivity contribution in [3.05, 3.63) is 29.8 Å². The standard InChI is InChI=1S/C33H48N6O5/c34-32(35)36-25-8-5-21(6-9-25)7-10-27(31(43)44-14-11-33-18-22-15-23(19-33)17-24(16-22)20-33)37-26-3-1-12-38-13-2-4-28(30(41)42)39(38)29(26)40/h5-6,8-9,22-24,26-28,37H,1-4,7,10-20H2,(H,41,42)(H4,34,35,36)/t22?,23?,24?,26-,27-,28-,33?/m0/s1. The minimum absolute atomic E-state index is 0.135. The molecule has 0 spiro atoms. The third kappa shape index (κ3) is 6.88. The fourth-order valence-corrected chi connectivity index (χ4v) is 9.35. The lowest BCUT2D eigenvalue weighted by Crippen LogP contribution is -2.61. The molecule has 11 nitrogen and oxygen atoms in total. The number of carbonyl (C=O) groups excluding carboxylic acids is 2. The van der Waals surface area contributed by atoms with Crippen LogP contribution in [0.5, 0.6) is 0 Å². The molecule has 0 unspecified atom stereocenters. The molecule has 44 heavy (non-hydrogen) atoms. The van der Waals surface area contributed by atoms with Gasteiger partial charge in [-0.15, -0.1) is 0 Å². The second kappa shape index (κ2) is 13.0. The van der Waals surface area contributed by atoms with E-state index in [1.165, 1.54) is 43.5 Å². The number of hydrogen-bond acceptors (Lipinski definition) is 7. The number of nitrogens with zero attached hydrogens (tertiary/aromatic N) is 2. The smallest absolute Gasteiger partial charge is 0.328 e. The summed E-state index contributed by atoms with van der Waals surface area (Å²) in [5.41, 5.74) is 7.47. The second-order valence-corrected chi connectivity index (χ2v) is 14.2. The van der Waals surface area contributed by atoms with Crippen LogP contribution < -0.4 is 16.4 Å². The van der Waals surface area contributed by atoms with Crippen LogP contribution in [0.1, 0.15) is 82.6 Å². The highest BCUT2D eigenvalue weighted by molar-refractivity contribution is 5.89. The number of fused-ring (bicyclic) bond motifs is 1. The Labute approximate surface area is 259 Å².